The molecule has 4 aromatic rings. The largest absolute Gasteiger partial charge is 0.493 e. The van der Waals surface area contributed by atoms with Crippen LogP contribution in [0, 0.1) is 0 Å². The number of carbonyl (C=O) groups is 1. The van der Waals surface area contributed by atoms with Gasteiger partial charge in [0, 0.05) is 22.7 Å². The lowest BCUT2D eigenvalue weighted by Crippen LogP contribution is -2.30. The van der Waals surface area contributed by atoms with E-state index in [-0.39, 0.29) is 11.9 Å². The van der Waals surface area contributed by atoms with E-state index in [9.17, 15) is 4.79 Å². The minimum Gasteiger partial charge on any atom is -0.493 e. The van der Waals surface area contributed by atoms with E-state index >= 15 is 0 Å². The second-order valence-corrected chi connectivity index (χ2v) is 9.60. The molecule has 0 saturated carbocycles. The first-order valence-corrected chi connectivity index (χ1v) is 13.0. The number of rotatable bonds is 10. The summed E-state index contributed by atoms with van der Waals surface area (Å²) in [4.78, 5) is 15.5. The number of aromatic nitrogens is 2. The van der Waals surface area contributed by atoms with Crippen LogP contribution in [0.3, 0.4) is 0 Å². The number of benzene rings is 3. The Morgan fingerprint density at radius 3 is 2.51 bits per heavy atom. The molecule has 1 aromatic heterocycles. The Labute approximate surface area is 222 Å². The van der Waals surface area contributed by atoms with E-state index in [2.05, 4.69) is 17.1 Å². The predicted octanol–water partition coefficient (Wildman–Crippen LogP) is 7.05. The number of nitrogens with one attached hydrogen (secondary N) is 1. The molecule has 37 heavy (non-hydrogen) atoms. The van der Waals surface area contributed by atoms with Crippen molar-refractivity contribution in [3.05, 3.63) is 100 Å². The molecule has 1 atom stereocenters. The molecule has 0 spiro atoms. The van der Waals surface area contributed by atoms with Crippen LogP contribution in [0.4, 0.5) is 0 Å². The van der Waals surface area contributed by atoms with Gasteiger partial charge >= 0.3 is 0 Å². The molecule has 2 heterocycles. The minimum absolute atomic E-state index is 0.0350. The van der Waals surface area contributed by atoms with Gasteiger partial charge in [0.15, 0.2) is 11.5 Å². The van der Waals surface area contributed by atoms with Gasteiger partial charge < -0.3 is 14.4 Å². The number of ether oxygens (including phenoxy) is 2. The van der Waals surface area contributed by atoms with Gasteiger partial charge in [-0.2, -0.15) is 5.10 Å². The number of amides is 1. The summed E-state index contributed by atoms with van der Waals surface area (Å²) in [6.07, 6.45) is 3.07. The molecule has 7 heteroatoms. The van der Waals surface area contributed by atoms with Crippen LogP contribution < -0.4 is 9.47 Å². The molecular weight excluding hydrogens is 486 g/mol. The molecule has 3 aromatic carbocycles. The summed E-state index contributed by atoms with van der Waals surface area (Å²) in [5.74, 6) is 1.24. The maximum absolute atomic E-state index is 13.5. The number of carbonyl (C=O) groups excluding carboxylic acids is 1. The van der Waals surface area contributed by atoms with Crippen molar-refractivity contribution in [1.82, 2.24) is 15.1 Å². The maximum atomic E-state index is 13.5. The van der Waals surface area contributed by atoms with Gasteiger partial charge in [-0.1, -0.05) is 79.9 Å². The van der Waals surface area contributed by atoms with Gasteiger partial charge in [-0.3, -0.25) is 9.89 Å². The van der Waals surface area contributed by atoms with Gasteiger partial charge in [-0.25, -0.2) is 0 Å². The zero-order valence-corrected chi connectivity index (χ0v) is 21.8. The van der Waals surface area contributed by atoms with Crippen molar-refractivity contribution < 1.29 is 14.3 Å². The molecule has 0 bridgehead atoms. The minimum atomic E-state index is -0.291. The van der Waals surface area contributed by atoms with Crippen LogP contribution in [0.1, 0.15) is 59.4 Å². The van der Waals surface area contributed by atoms with E-state index in [0.717, 1.165) is 47.2 Å². The van der Waals surface area contributed by atoms with E-state index in [0.29, 0.717) is 35.4 Å². The molecule has 6 nitrogen and oxygen atoms in total. The third-order valence-electron chi connectivity index (χ3n) is 6.72. The number of methoxy groups -OCH3 is 1. The summed E-state index contributed by atoms with van der Waals surface area (Å²) in [5, 5.41) is 8.22. The van der Waals surface area contributed by atoms with Crippen molar-refractivity contribution in [3.63, 3.8) is 0 Å². The van der Waals surface area contributed by atoms with Gasteiger partial charge in [0.1, 0.15) is 12.3 Å². The molecule has 0 aliphatic carbocycles. The summed E-state index contributed by atoms with van der Waals surface area (Å²) >= 11 is 6.13. The SMILES string of the molecule is CCCCCN1C(=O)c2[nH]nc(-c3ccc(Cl)cc3)c2C1c1ccc(OCc2ccccc2)c(OC)c1. The van der Waals surface area contributed by atoms with E-state index in [4.69, 9.17) is 21.1 Å². The number of hydrogen-bond donors (Lipinski definition) is 1. The molecule has 1 amide bonds. The van der Waals surface area contributed by atoms with Crippen LogP contribution in [0.25, 0.3) is 11.3 Å². The average Bonchev–Trinajstić information content (AvgIpc) is 3.47. The Kier molecular flexibility index (Phi) is 7.47. The van der Waals surface area contributed by atoms with E-state index in [1.54, 1.807) is 7.11 Å². The first kappa shape index (κ1) is 24.9. The molecule has 1 unspecified atom stereocenters. The fourth-order valence-electron chi connectivity index (χ4n) is 4.84. The highest BCUT2D eigenvalue weighted by Gasteiger charge is 2.42. The number of hydrogen-bond acceptors (Lipinski definition) is 4. The van der Waals surface area contributed by atoms with Gasteiger partial charge in [0.2, 0.25) is 0 Å². The van der Waals surface area contributed by atoms with Gasteiger partial charge in [-0.15, -0.1) is 0 Å². The standard InChI is InChI=1S/C30H30ClN3O3/c1-3-4-8-17-34-29(26-27(32-33-28(26)30(34)35)21-11-14-23(31)15-12-21)22-13-16-24(25(18-22)36-2)37-19-20-9-6-5-7-10-20/h5-7,9-16,18,29H,3-4,8,17,19H2,1-2H3,(H,32,33). The quantitative estimate of drug-likeness (QED) is 0.230. The number of fused-ring (bicyclic) bond motifs is 1. The number of nitrogens with zero attached hydrogens (tertiary/aromatic N) is 2. The molecule has 0 radical (unpaired) electrons. The molecule has 1 N–H and O–H groups in total. The second-order valence-electron chi connectivity index (χ2n) is 9.16. The third-order valence-corrected chi connectivity index (χ3v) is 6.98. The van der Waals surface area contributed by atoms with Crippen molar-refractivity contribution in [1.29, 1.82) is 0 Å². The lowest BCUT2D eigenvalue weighted by molar-refractivity contribution is 0.0740. The van der Waals surface area contributed by atoms with Crippen LogP contribution in [-0.4, -0.2) is 34.7 Å². The fraction of sp³-hybridized carbons (Fsp3) is 0.267. The van der Waals surface area contributed by atoms with Gasteiger partial charge in [0.25, 0.3) is 5.91 Å². The molecular formula is C30H30ClN3O3. The molecule has 5 rings (SSSR count). The molecule has 0 fully saturated rings. The lowest BCUT2D eigenvalue weighted by Gasteiger charge is -2.27. The molecule has 0 saturated heterocycles. The second kappa shape index (κ2) is 11.1. The maximum Gasteiger partial charge on any atom is 0.273 e. The predicted molar refractivity (Wildman–Crippen MR) is 145 cm³/mol. The van der Waals surface area contributed by atoms with E-state index < -0.39 is 0 Å². The fourth-order valence-corrected chi connectivity index (χ4v) is 4.97. The zero-order valence-electron chi connectivity index (χ0n) is 21.0. The summed E-state index contributed by atoms with van der Waals surface area (Å²) < 4.78 is 11.8. The van der Waals surface area contributed by atoms with Crippen LogP contribution in [0.15, 0.2) is 72.8 Å². The first-order valence-electron chi connectivity index (χ1n) is 12.6. The third kappa shape index (κ3) is 5.07. The Morgan fingerprint density at radius 2 is 1.78 bits per heavy atom. The first-order chi connectivity index (χ1) is 18.1. The Morgan fingerprint density at radius 1 is 1.00 bits per heavy atom. The zero-order chi connectivity index (χ0) is 25.8. The van der Waals surface area contributed by atoms with Crippen LogP contribution in [-0.2, 0) is 6.61 Å². The highest BCUT2D eigenvalue weighted by molar-refractivity contribution is 6.30. The van der Waals surface area contributed by atoms with Crippen molar-refractivity contribution in [2.45, 2.75) is 38.8 Å². The van der Waals surface area contributed by atoms with Crippen molar-refractivity contribution in [3.8, 4) is 22.8 Å². The Hall–Kier alpha value is -3.77. The topological polar surface area (TPSA) is 67.5 Å². The van der Waals surface area contributed by atoms with Crippen molar-refractivity contribution in [2.24, 2.45) is 0 Å². The van der Waals surface area contributed by atoms with Crippen LogP contribution >= 0.6 is 11.6 Å². The molecule has 1 aliphatic heterocycles. The van der Waals surface area contributed by atoms with Crippen LogP contribution in [0.5, 0.6) is 11.5 Å². The summed E-state index contributed by atoms with van der Waals surface area (Å²) in [6.45, 7) is 3.26. The molecule has 1 aliphatic rings. The van der Waals surface area contributed by atoms with Crippen LogP contribution in [0.2, 0.25) is 5.02 Å². The number of halogens is 1. The van der Waals surface area contributed by atoms with Gasteiger partial charge in [-0.05, 0) is 41.8 Å². The van der Waals surface area contributed by atoms with E-state index in [1.165, 1.54) is 0 Å². The number of unbranched alkanes of at least 4 members (excludes halogenated alkanes) is 2. The Balaban J connectivity index is 1.52. The molecule has 190 valence electrons. The van der Waals surface area contributed by atoms with Crippen molar-refractivity contribution >= 4 is 17.5 Å². The normalized spacial score (nSPS) is 14.6. The highest BCUT2D eigenvalue weighted by atomic mass is 35.5. The summed E-state index contributed by atoms with van der Waals surface area (Å²) in [5.41, 5.74) is 5.10. The Bertz CT molecular complexity index is 1370. The van der Waals surface area contributed by atoms with Crippen molar-refractivity contribution in [2.75, 3.05) is 13.7 Å². The lowest BCUT2D eigenvalue weighted by atomic mass is 9.95. The smallest absolute Gasteiger partial charge is 0.273 e. The number of H-pyrrole nitrogens is 1. The summed E-state index contributed by atoms with van der Waals surface area (Å²) in [7, 11) is 1.63. The number of aromatic amines is 1. The average molecular weight is 516 g/mol. The highest BCUT2D eigenvalue weighted by Crippen LogP contribution is 2.44. The summed E-state index contributed by atoms with van der Waals surface area (Å²) in [6, 6.07) is 23.2. The van der Waals surface area contributed by atoms with E-state index in [1.807, 2.05) is 77.7 Å². The van der Waals surface area contributed by atoms with Gasteiger partial charge in [0.05, 0.1) is 18.8 Å². The monoisotopic (exact) mass is 515 g/mol.